The predicted octanol–water partition coefficient (Wildman–Crippen LogP) is 1.77. The van der Waals surface area contributed by atoms with E-state index in [1.807, 2.05) is 6.07 Å². The molecular weight excluding hydrogens is 254 g/mol. The zero-order valence-corrected chi connectivity index (χ0v) is 11.8. The van der Waals surface area contributed by atoms with Crippen LogP contribution in [-0.4, -0.2) is 22.1 Å². The van der Waals surface area contributed by atoms with Gasteiger partial charge in [-0.3, -0.25) is 4.98 Å². The van der Waals surface area contributed by atoms with Crippen LogP contribution in [0, 0.1) is 0 Å². The maximum Gasteiger partial charge on any atom is 0.158 e. The molecule has 0 aromatic carbocycles. The highest BCUT2D eigenvalue weighted by Crippen LogP contribution is 2.12. The molecule has 106 valence electrons. The Labute approximate surface area is 118 Å². The van der Waals surface area contributed by atoms with Gasteiger partial charge in [0.2, 0.25) is 0 Å². The average molecular weight is 273 g/mol. The van der Waals surface area contributed by atoms with E-state index in [1.165, 1.54) is 5.56 Å². The number of rotatable bonds is 6. The van der Waals surface area contributed by atoms with Crippen molar-refractivity contribution in [3.8, 4) is 0 Å². The van der Waals surface area contributed by atoms with Gasteiger partial charge in [0.25, 0.3) is 0 Å². The topological polar surface area (TPSA) is 86.0 Å². The Kier molecular flexibility index (Phi) is 4.84. The summed E-state index contributed by atoms with van der Waals surface area (Å²) < 4.78 is 5.02. The van der Waals surface area contributed by atoms with Crippen molar-refractivity contribution in [1.82, 2.24) is 15.0 Å². The highest BCUT2D eigenvalue weighted by Gasteiger charge is 2.05. The number of hydrogen-bond donors (Lipinski definition) is 2. The lowest BCUT2D eigenvalue weighted by Gasteiger charge is -2.10. The fourth-order valence-corrected chi connectivity index (χ4v) is 1.93. The molecule has 2 aromatic rings. The molecule has 0 bridgehead atoms. The van der Waals surface area contributed by atoms with Crippen LogP contribution in [-0.2, 0) is 24.3 Å². The zero-order valence-electron chi connectivity index (χ0n) is 11.8. The summed E-state index contributed by atoms with van der Waals surface area (Å²) in [5.74, 6) is 1.66. The van der Waals surface area contributed by atoms with Gasteiger partial charge in [0.05, 0.1) is 12.2 Å². The fourth-order valence-electron chi connectivity index (χ4n) is 1.93. The molecule has 2 aromatic heterocycles. The Morgan fingerprint density at radius 1 is 1.35 bits per heavy atom. The van der Waals surface area contributed by atoms with Gasteiger partial charge in [0.15, 0.2) is 5.82 Å². The molecule has 0 saturated heterocycles. The molecule has 3 N–H and O–H groups in total. The summed E-state index contributed by atoms with van der Waals surface area (Å²) >= 11 is 0. The summed E-state index contributed by atoms with van der Waals surface area (Å²) in [6.07, 6.45) is 2.74. The van der Waals surface area contributed by atoms with Crippen molar-refractivity contribution >= 4 is 11.6 Å². The van der Waals surface area contributed by atoms with Crippen LogP contribution >= 0.6 is 0 Å². The van der Waals surface area contributed by atoms with Crippen molar-refractivity contribution in [3.63, 3.8) is 0 Å². The summed E-state index contributed by atoms with van der Waals surface area (Å²) in [6, 6.07) is 5.73. The Hall–Kier alpha value is -2.21. The molecule has 0 fully saturated rings. The summed E-state index contributed by atoms with van der Waals surface area (Å²) in [6.45, 7) is 3.05. The molecule has 0 aliphatic carbocycles. The molecule has 0 saturated carbocycles. The van der Waals surface area contributed by atoms with Gasteiger partial charge in [0.1, 0.15) is 18.2 Å². The van der Waals surface area contributed by atoms with Crippen molar-refractivity contribution in [2.75, 3.05) is 18.2 Å². The second-order valence-corrected chi connectivity index (χ2v) is 4.34. The van der Waals surface area contributed by atoms with E-state index in [-0.39, 0.29) is 0 Å². The lowest BCUT2D eigenvalue weighted by atomic mass is 10.1. The number of aryl methyl sites for hydroxylation is 1. The smallest absolute Gasteiger partial charge is 0.158 e. The first-order chi connectivity index (χ1) is 9.72. The van der Waals surface area contributed by atoms with Crippen molar-refractivity contribution < 1.29 is 4.74 Å². The summed E-state index contributed by atoms with van der Waals surface area (Å²) in [5.41, 5.74) is 7.99. The normalized spacial score (nSPS) is 10.5. The van der Waals surface area contributed by atoms with Crippen LogP contribution in [0.15, 0.2) is 24.4 Å². The van der Waals surface area contributed by atoms with Crippen LogP contribution in [0.2, 0.25) is 0 Å². The van der Waals surface area contributed by atoms with Crippen molar-refractivity contribution in [3.05, 3.63) is 41.5 Å². The quantitative estimate of drug-likeness (QED) is 0.834. The van der Waals surface area contributed by atoms with Crippen LogP contribution < -0.4 is 11.1 Å². The lowest BCUT2D eigenvalue weighted by Crippen LogP contribution is -2.09. The van der Waals surface area contributed by atoms with Crippen LogP contribution in [0.3, 0.4) is 0 Å². The number of nitrogen functional groups attached to an aromatic ring is 1. The molecular formula is C14H19N5O. The molecule has 0 unspecified atom stereocenters. The maximum absolute atomic E-state index is 5.75. The average Bonchev–Trinajstić information content (AvgIpc) is 2.45. The minimum atomic E-state index is 0.337. The first-order valence-electron chi connectivity index (χ1n) is 6.52. The number of pyridine rings is 1. The molecule has 0 atom stereocenters. The van der Waals surface area contributed by atoms with Crippen LogP contribution in [0.25, 0.3) is 0 Å². The van der Waals surface area contributed by atoms with Crippen molar-refractivity contribution in [2.24, 2.45) is 0 Å². The van der Waals surface area contributed by atoms with E-state index in [0.29, 0.717) is 30.6 Å². The van der Waals surface area contributed by atoms with E-state index in [4.69, 9.17) is 10.5 Å². The van der Waals surface area contributed by atoms with Gasteiger partial charge in [0, 0.05) is 19.4 Å². The highest BCUT2D eigenvalue weighted by atomic mass is 16.5. The van der Waals surface area contributed by atoms with Gasteiger partial charge in [-0.2, -0.15) is 0 Å². The third-order valence-corrected chi connectivity index (χ3v) is 2.87. The Bertz CT molecular complexity index is 573. The standard InChI is InChI=1S/C14H19N5O/c1-3-10-5-4-6-16-11(10)8-17-13-7-12(15)18-14(19-13)9-20-2/h4-7H,3,8-9H2,1-2H3,(H3,15,17,18,19). The number of nitrogens with two attached hydrogens (primary N) is 1. The van der Waals surface area contributed by atoms with Gasteiger partial charge in [-0.15, -0.1) is 0 Å². The number of nitrogens with zero attached hydrogens (tertiary/aromatic N) is 3. The molecule has 2 heterocycles. The largest absolute Gasteiger partial charge is 0.384 e. The molecule has 2 rings (SSSR count). The number of anilines is 2. The number of aromatic nitrogens is 3. The SMILES string of the molecule is CCc1cccnc1CNc1cc(N)nc(COC)n1. The fraction of sp³-hybridized carbons (Fsp3) is 0.357. The van der Waals surface area contributed by atoms with E-state index in [1.54, 1.807) is 19.4 Å². The Morgan fingerprint density at radius 2 is 2.20 bits per heavy atom. The zero-order chi connectivity index (χ0) is 14.4. The molecule has 6 nitrogen and oxygen atoms in total. The molecule has 0 radical (unpaired) electrons. The highest BCUT2D eigenvalue weighted by molar-refractivity contribution is 5.45. The second-order valence-electron chi connectivity index (χ2n) is 4.34. The van der Waals surface area contributed by atoms with E-state index in [9.17, 15) is 0 Å². The minimum Gasteiger partial charge on any atom is -0.384 e. The lowest BCUT2D eigenvalue weighted by molar-refractivity contribution is 0.178. The molecule has 0 aliphatic rings. The van der Waals surface area contributed by atoms with E-state index >= 15 is 0 Å². The van der Waals surface area contributed by atoms with E-state index < -0.39 is 0 Å². The minimum absolute atomic E-state index is 0.337. The molecule has 0 aliphatic heterocycles. The predicted molar refractivity (Wildman–Crippen MR) is 78.1 cm³/mol. The van der Waals surface area contributed by atoms with Gasteiger partial charge < -0.3 is 15.8 Å². The second kappa shape index (κ2) is 6.81. The van der Waals surface area contributed by atoms with Gasteiger partial charge in [-0.1, -0.05) is 13.0 Å². The summed E-state index contributed by atoms with van der Waals surface area (Å²) in [7, 11) is 1.60. The van der Waals surface area contributed by atoms with Gasteiger partial charge >= 0.3 is 0 Å². The van der Waals surface area contributed by atoms with Crippen LogP contribution in [0.1, 0.15) is 24.0 Å². The summed E-state index contributed by atoms with van der Waals surface area (Å²) in [5, 5.41) is 3.23. The third kappa shape index (κ3) is 3.64. The van der Waals surface area contributed by atoms with Crippen molar-refractivity contribution in [2.45, 2.75) is 26.5 Å². The number of nitrogens with one attached hydrogen (secondary N) is 1. The van der Waals surface area contributed by atoms with Crippen LogP contribution in [0.4, 0.5) is 11.6 Å². The number of hydrogen-bond acceptors (Lipinski definition) is 6. The Morgan fingerprint density at radius 3 is 2.95 bits per heavy atom. The number of ether oxygens (including phenoxy) is 1. The first kappa shape index (κ1) is 14.2. The molecule has 20 heavy (non-hydrogen) atoms. The van der Waals surface area contributed by atoms with Gasteiger partial charge in [-0.05, 0) is 18.1 Å². The monoisotopic (exact) mass is 273 g/mol. The maximum atomic E-state index is 5.75. The number of methoxy groups -OCH3 is 1. The molecule has 6 heteroatoms. The Balaban J connectivity index is 2.10. The van der Waals surface area contributed by atoms with Gasteiger partial charge in [-0.25, -0.2) is 9.97 Å². The molecule has 0 spiro atoms. The molecule has 0 amide bonds. The third-order valence-electron chi connectivity index (χ3n) is 2.87. The van der Waals surface area contributed by atoms with E-state index in [2.05, 4.69) is 33.3 Å². The first-order valence-corrected chi connectivity index (χ1v) is 6.52. The van der Waals surface area contributed by atoms with Crippen LogP contribution in [0.5, 0.6) is 0 Å². The van der Waals surface area contributed by atoms with E-state index in [0.717, 1.165) is 12.1 Å². The summed E-state index contributed by atoms with van der Waals surface area (Å²) in [4.78, 5) is 12.8. The van der Waals surface area contributed by atoms with Crippen molar-refractivity contribution in [1.29, 1.82) is 0 Å².